The molecule has 4 aromatic rings. The molecular formula is C16H15N7O. The topological polar surface area (TPSA) is 82.0 Å². The van der Waals surface area contributed by atoms with Crippen molar-refractivity contribution in [1.82, 2.24) is 28.9 Å². The number of amides is 1. The summed E-state index contributed by atoms with van der Waals surface area (Å²) in [6.07, 6.45) is 10.4. The molecule has 1 amide bonds. The van der Waals surface area contributed by atoms with Crippen LogP contribution < -0.4 is 5.32 Å². The summed E-state index contributed by atoms with van der Waals surface area (Å²) in [6.45, 7) is 0. The Morgan fingerprint density at radius 2 is 1.92 bits per heavy atom. The van der Waals surface area contributed by atoms with Gasteiger partial charge in [-0.1, -0.05) is 6.07 Å². The third-order valence-electron chi connectivity index (χ3n) is 3.85. The first-order valence-electron chi connectivity index (χ1n) is 7.36. The van der Waals surface area contributed by atoms with E-state index < -0.39 is 0 Å². The molecule has 8 nitrogen and oxygen atoms in total. The fourth-order valence-corrected chi connectivity index (χ4v) is 2.58. The highest BCUT2D eigenvalue weighted by Crippen LogP contribution is 2.23. The number of carbonyl (C=O) groups excluding carboxylic acids is 1. The molecule has 0 unspecified atom stereocenters. The molecule has 0 aromatic carbocycles. The monoisotopic (exact) mass is 321 g/mol. The fourth-order valence-electron chi connectivity index (χ4n) is 2.58. The maximum Gasteiger partial charge on any atom is 0.274 e. The molecule has 0 aliphatic heterocycles. The minimum Gasteiger partial charge on any atom is -0.330 e. The summed E-state index contributed by atoms with van der Waals surface area (Å²) >= 11 is 0. The Kier molecular flexibility index (Phi) is 3.16. The number of pyridine rings is 1. The zero-order valence-electron chi connectivity index (χ0n) is 13.2. The molecule has 4 heterocycles. The van der Waals surface area contributed by atoms with Crippen molar-refractivity contribution >= 4 is 17.1 Å². The van der Waals surface area contributed by atoms with Crippen molar-refractivity contribution in [1.29, 1.82) is 0 Å². The second kappa shape index (κ2) is 5.34. The average molecular weight is 321 g/mol. The van der Waals surface area contributed by atoms with E-state index in [0.717, 1.165) is 16.6 Å². The Hall–Kier alpha value is -3.42. The number of nitrogens with zero attached hydrogens (tertiary/aromatic N) is 6. The van der Waals surface area contributed by atoms with E-state index in [1.807, 2.05) is 31.6 Å². The quantitative estimate of drug-likeness (QED) is 0.623. The minimum absolute atomic E-state index is 0.221. The normalized spacial score (nSPS) is 11.1. The lowest BCUT2D eigenvalue weighted by Crippen LogP contribution is -2.15. The zero-order chi connectivity index (χ0) is 16.7. The molecular weight excluding hydrogens is 306 g/mol. The Bertz CT molecular complexity index is 1040. The largest absolute Gasteiger partial charge is 0.330 e. The Morgan fingerprint density at radius 1 is 1.04 bits per heavy atom. The number of nitrogens with one attached hydrogen (secondary N) is 1. The lowest BCUT2D eigenvalue weighted by atomic mass is 10.1. The van der Waals surface area contributed by atoms with Gasteiger partial charge < -0.3 is 9.88 Å². The molecule has 0 spiro atoms. The highest BCUT2D eigenvalue weighted by molar-refractivity contribution is 6.05. The van der Waals surface area contributed by atoms with Crippen LogP contribution in [0.3, 0.4) is 0 Å². The highest BCUT2D eigenvalue weighted by atomic mass is 16.2. The molecule has 4 aromatic heterocycles. The van der Waals surface area contributed by atoms with Gasteiger partial charge in [-0.15, -0.1) is 0 Å². The molecule has 0 atom stereocenters. The molecule has 120 valence electrons. The first-order chi connectivity index (χ1) is 11.6. The number of aryl methyl sites for hydroxylation is 2. The van der Waals surface area contributed by atoms with Crippen LogP contribution in [-0.4, -0.2) is 34.9 Å². The van der Waals surface area contributed by atoms with Gasteiger partial charge in [0.05, 0.1) is 36.1 Å². The molecule has 0 aliphatic carbocycles. The van der Waals surface area contributed by atoms with Crippen molar-refractivity contribution < 1.29 is 4.79 Å². The molecule has 4 rings (SSSR count). The van der Waals surface area contributed by atoms with Crippen LogP contribution >= 0.6 is 0 Å². The molecule has 0 bridgehead atoms. The molecule has 0 saturated carbocycles. The molecule has 8 heteroatoms. The summed E-state index contributed by atoms with van der Waals surface area (Å²) in [5, 5.41) is 11.4. The van der Waals surface area contributed by atoms with Crippen molar-refractivity contribution in [2.75, 3.05) is 5.32 Å². The van der Waals surface area contributed by atoms with Gasteiger partial charge in [0, 0.05) is 37.6 Å². The van der Waals surface area contributed by atoms with E-state index in [-0.39, 0.29) is 5.91 Å². The van der Waals surface area contributed by atoms with Gasteiger partial charge in [0.15, 0.2) is 0 Å². The molecule has 1 N–H and O–H groups in total. The summed E-state index contributed by atoms with van der Waals surface area (Å²) in [7, 11) is 3.65. The first-order valence-corrected chi connectivity index (χ1v) is 7.36. The van der Waals surface area contributed by atoms with Crippen LogP contribution in [0.15, 0.2) is 49.4 Å². The van der Waals surface area contributed by atoms with E-state index >= 15 is 0 Å². The Morgan fingerprint density at radius 3 is 2.62 bits per heavy atom. The van der Waals surface area contributed by atoms with Gasteiger partial charge in [-0.25, -0.2) is 9.50 Å². The first kappa shape index (κ1) is 14.2. The maximum atomic E-state index is 12.3. The number of hydrogen-bond acceptors (Lipinski definition) is 4. The van der Waals surface area contributed by atoms with E-state index in [2.05, 4.69) is 20.5 Å². The van der Waals surface area contributed by atoms with Gasteiger partial charge in [-0.05, 0) is 6.07 Å². The van der Waals surface area contributed by atoms with E-state index in [4.69, 9.17) is 0 Å². The smallest absolute Gasteiger partial charge is 0.274 e. The van der Waals surface area contributed by atoms with Crippen LogP contribution in [0.2, 0.25) is 0 Å². The summed E-state index contributed by atoms with van der Waals surface area (Å²) in [4.78, 5) is 16.3. The van der Waals surface area contributed by atoms with Crippen LogP contribution in [0.5, 0.6) is 0 Å². The standard InChI is InChI=1S/C16H15N7O/c1-21-10-17-7-15(21)16(24)20-13-6-19-23-9-11(3-4-14(13)23)12-5-18-22(2)8-12/h3-10H,1-2H3,(H,20,24). The van der Waals surface area contributed by atoms with E-state index in [1.165, 1.54) is 6.20 Å². The number of carbonyl (C=O) groups is 1. The van der Waals surface area contributed by atoms with Crippen LogP contribution in [0.25, 0.3) is 16.6 Å². The number of hydrogen-bond donors (Lipinski definition) is 1. The van der Waals surface area contributed by atoms with Crippen LogP contribution in [0.4, 0.5) is 5.69 Å². The Labute approximate surface area is 137 Å². The lowest BCUT2D eigenvalue weighted by molar-refractivity contribution is 0.101. The van der Waals surface area contributed by atoms with E-state index in [1.54, 1.807) is 39.5 Å². The van der Waals surface area contributed by atoms with Gasteiger partial charge in [-0.2, -0.15) is 10.2 Å². The predicted octanol–water partition coefficient (Wildman–Crippen LogP) is 1.72. The lowest BCUT2D eigenvalue weighted by Gasteiger charge is -2.04. The Balaban J connectivity index is 1.66. The number of anilines is 1. The predicted molar refractivity (Wildman–Crippen MR) is 88.6 cm³/mol. The summed E-state index contributed by atoms with van der Waals surface area (Å²) in [5.74, 6) is -0.221. The maximum absolute atomic E-state index is 12.3. The number of aromatic nitrogens is 6. The zero-order valence-corrected chi connectivity index (χ0v) is 13.2. The highest BCUT2D eigenvalue weighted by Gasteiger charge is 2.13. The van der Waals surface area contributed by atoms with Crippen molar-refractivity contribution in [2.45, 2.75) is 0 Å². The van der Waals surface area contributed by atoms with Gasteiger partial charge in [0.2, 0.25) is 0 Å². The number of rotatable bonds is 3. The van der Waals surface area contributed by atoms with Gasteiger partial charge >= 0.3 is 0 Å². The van der Waals surface area contributed by atoms with Crippen molar-refractivity contribution in [3.8, 4) is 11.1 Å². The average Bonchev–Trinajstić information content (AvgIpc) is 3.27. The van der Waals surface area contributed by atoms with Gasteiger partial charge in [0.25, 0.3) is 5.91 Å². The van der Waals surface area contributed by atoms with Crippen molar-refractivity contribution in [2.24, 2.45) is 14.1 Å². The third kappa shape index (κ3) is 2.34. The van der Waals surface area contributed by atoms with E-state index in [0.29, 0.717) is 11.4 Å². The van der Waals surface area contributed by atoms with Gasteiger partial charge in [-0.3, -0.25) is 9.48 Å². The van der Waals surface area contributed by atoms with Crippen molar-refractivity contribution in [3.05, 3.63) is 55.1 Å². The molecule has 0 fully saturated rings. The summed E-state index contributed by atoms with van der Waals surface area (Å²) < 4.78 is 5.16. The fraction of sp³-hybridized carbons (Fsp3) is 0.125. The third-order valence-corrected chi connectivity index (χ3v) is 3.85. The molecule has 24 heavy (non-hydrogen) atoms. The number of imidazole rings is 1. The number of fused-ring (bicyclic) bond motifs is 1. The van der Waals surface area contributed by atoms with Crippen molar-refractivity contribution in [3.63, 3.8) is 0 Å². The second-order valence-corrected chi connectivity index (χ2v) is 5.55. The van der Waals surface area contributed by atoms with Crippen LogP contribution in [-0.2, 0) is 14.1 Å². The summed E-state index contributed by atoms with van der Waals surface area (Å²) in [6, 6.07) is 3.90. The van der Waals surface area contributed by atoms with E-state index in [9.17, 15) is 4.79 Å². The second-order valence-electron chi connectivity index (χ2n) is 5.55. The van der Waals surface area contributed by atoms with Crippen LogP contribution in [0.1, 0.15) is 10.5 Å². The van der Waals surface area contributed by atoms with Gasteiger partial charge in [0.1, 0.15) is 5.69 Å². The molecule has 0 radical (unpaired) electrons. The summed E-state index contributed by atoms with van der Waals surface area (Å²) in [5.41, 5.74) is 3.97. The molecule has 0 aliphatic rings. The SMILES string of the molecule is Cn1cc(-c2ccc3c(NC(=O)c4cncn4C)cnn3c2)cn1. The minimum atomic E-state index is -0.221. The molecule has 0 saturated heterocycles. The van der Waals surface area contributed by atoms with Crippen LogP contribution in [0, 0.1) is 0 Å².